The lowest BCUT2D eigenvalue weighted by molar-refractivity contribution is 0.0205. The molecule has 9 aromatic rings. The molecular weight excluding hydrogens is 1210 g/mol. The van der Waals surface area contributed by atoms with Crippen LogP contribution in [0, 0.1) is 6.92 Å². The summed E-state index contributed by atoms with van der Waals surface area (Å²) >= 11 is 0. The highest BCUT2D eigenvalue weighted by atomic mass is 16.6. The minimum absolute atomic E-state index is 0.00157. The van der Waals surface area contributed by atoms with Crippen molar-refractivity contribution in [2.45, 2.75) is 65.1 Å². The van der Waals surface area contributed by atoms with Gasteiger partial charge >= 0.3 is 59.7 Å². The number of carboxylic acids is 5. The minimum atomic E-state index is -1.16. The highest BCUT2D eigenvalue weighted by molar-refractivity contribution is 6.06. The van der Waals surface area contributed by atoms with Gasteiger partial charge in [0.1, 0.15) is 30.0 Å². The number of aryl methyl sites for hydroxylation is 2. The first kappa shape index (κ1) is 70.8. The van der Waals surface area contributed by atoms with Gasteiger partial charge in [-0.1, -0.05) is 152 Å². The molecule has 0 unspecified atom stereocenters. The van der Waals surface area contributed by atoms with Gasteiger partial charge in [0.2, 0.25) is 0 Å². The lowest BCUT2D eigenvalue weighted by atomic mass is 9.97. The molecule has 10 rings (SSSR count). The topological polar surface area (TPSA) is 318 Å². The third kappa shape index (κ3) is 22.0. The molecule has 0 bridgehead atoms. The smallest absolute Gasteiger partial charge is 0.344 e. The Hall–Kier alpha value is -12.3. The van der Waals surface area contributed by atoms with Crippen molar-refractivity contribution in [3.8, 4) is 17.2 Å². The molecule has 0 atom stereocenters. The Bertz CT molecular complexity index is 4080. The second-order valence-corrected chi connectivity index (χ2v) is 20.3. The van der Waals surface area contributed by atoms with Gasteiger partial charge < -0.3 is 49.2 Å². The Labute approximate surface area is 539 Å². The number of ether oxygens (including phenoxy) is 5. The second-order valence-electron chi connectivity index (χ2n) is 20.3. The van der Waals surface area contributed by atoms with E-state index in [1.54, 1.807) is 115 Å². The molecule has 480 valence electrons. The largest absolute Gasteiger partial charge is 0.478 e. The standard InChI is InChI=1S/C16H14O4.2C15H12O4.C14H16O4.C14H10O4/c1-2-11-7-9-12(10-8-11)20-16(19)14-6-4-3-5-13(14)15(17)18;1-10-6-8-11(9-7-10)19-15(18)13-5-3-2-4-12(13)14(16)17;16-14(17)12-8-4-5-9-13(12)15(18)19-10-11-6-2-1-3-7-11;2*15-13(16)11-8-4-5-9-12(11)14(17)18-10-6-2-1-3-7-10/h3-10H,2H2,1H3,(H,17,18);2-9H,1H3,(H,16,17);1-9H,10H2,(H,16,17);4-5,8-10H,1-3,6-7H2,(H,15,16);1-9H,(H,15,16). The van der Waals surface area contributed by atoms with Crippen molar-refractivity contribution in [2.24, 2.45) is 0 Å². The van der Waals surface area contributed by atoms with Gasteiger partial charge in [-0.25, -0.2) is 47.9 Å². The molecule has 0 radical (unpaired) electrons. The van der Waals surface area contributed by atoms with E-state index in [1.165, 1.54) is 67.1 Å². The van der Waals surface area contributed by atoms with Crippen LogP contribution in [0.1, 0.15) is 159 Å². The SMILES string of the molecule is CCc1ccc(OC(=O)c2ccccc2C(=O)O)cc1.Cc1ccc(OC(=O)c2ccccc2C(=O)O)cc1.O=C(O)c1ccccc1C(=O)OC1CCCCC1.O=C(O)c1ccccc1C(=O)OCc1ccccc1.O=C(O)c1ccccc1C(=O)Oc1ccccc1. The summed E-state index contributed by atoms with van der Waals surface area (Å²) in [6, 6.07) is 61.8. The summed E-state index contributed by atoms with van der Waals surface area (Å²) in [7, 11) is 0. The molecule has 94 heavy (non-hydrogen) atoms. The molecule has 1 fully saturated rings. The van der Waals surface area contributed by atoms with Crippen LogP contribution >= 0.6 is 0 Å². The quantitative estimate of drug-likeness (QED) is 0.0418. The van der Waals surface area contributed by atoms with Gasteiger partial charge in [-0.05, 0) is 147 Å². The van der Waals surface area contributed by atoms with Gasteiger partial charge in [0.15, 0.2) is 0 Å². The lowest BCUT2D eigenvalue weighted by Gasteiger charge is -2.22. The average Bonchev–Trinajstić information content (AvgIpc) is 0.956. The number of para-hydroxylation sites is 1. The lowest BCUT2D eigenvalue weighted by Crippen LogP contribution is -2.22. The molecule has 1 aliphatic rings. The molecule has 0 aromatic heterocycles. The first-order chi connectivity index (χ1) is 45.2. The zero-order valence-electron chi connectivity index (χ0n) is 50.8. The van der Waals surface area contributed by atoms with Crippen LogP contribution < -0.4 is 14.2 Å². The van der Waals surface area contributed by atoms with Crippen LogP contribution in [-0.2, 0) is 22.5 Å². The van der Waals surface area contributed by atoms with Crippen LogP contribution in [0.2, 0.25) is 0 Å². The van der Waals surface area contributed by atoms with Gasteiger partial charge in [0.25, 0.3) is 0 Å². The van der Waals surface area contributed by atoms with E-state index in [2.05, 4.69) is 0 Å². The third-order valence-corrected chi connectivity index (χ3v) is 13.7. The van der Waals surface area contributed by atoms with E-state index in [-0.39, 0.29) is 68.3 Å². The molecular formula is C74H64O20. The van der Waals surface area contributed by atoms with Crippen molar-refractivity contribution in [3.05, 3.63) is 303 Å². The van der Waals surface area contributed by atoms with Gasteiger partial charge in [-0.15, -0.1) is 0 Å². The van der Waals surface area contributed by atoms with Crippen LogP contribution in [0.25, 0.3) is 0 Å². The summed E-state index contributed by atoms with van der Waals surface area (Å²) in [4.78, 5) is 115. The summed E-state index contributed by atoms with van der Waals surface area (Å²) < 4.78 is 25.9. The van der Waals surface area contributed by atoms with E-state index < -0.39 is 59.7 Å². The highest BCUT2D eigenvalue weighted by Gasteiger charge is 2.24. The molecule has 1 saturated carbocycles. The molecule has 0 amide bonds. The molecule has 0 spiro atoms. The predicted octanol–water partition coefficient (Wildman–Crippen LogP) is 14.3. The van der Waals surface area contributed by atoms with Crippen molar-refractivity contribution < 1.29 is 97.2 Å². The maximum Gasteiger partial charge on any atom is 0.344 e. The molecule has 9 aromatic carbocycles. The van der Waals surface area contributed by atoms with E-state index in [0.29, 0.717) is 17.2 Å². The van der Waals surface area contributed by atoms with E-state index in [4.69, 9.17) is 49.2 Å². The number of carboxylic acid groups (broad SMARTS) is 5. The molecule has 20 nitrogen and oxygen atoms in total. The van der Waals surface area contributed by atoms with Gasteiger partial charge in [-0.2, -0.15) is 0 Å². The maximum absolute atomic E-state index is 12.0. The number of benzene rings is 9. The molecule has 0 heterocycles. The van der Waals surface area contributed by atoms with Crippen LogP contribution in [0.5, 0.6) is 17.2 Å². The number of carbonyl (C=O) groups excluding carboxylic acids is 5. The number of rotatable bonds is 17. The zero-order valence-corrected chi connectivity index (χ0v) is 50.8. The first-order valence-corrected chi connectivity index (χ1v) is 29.1. The Balaban J connectivity index is 0.000000186. The number of carbonyl (C=O) groups is 10. The molecule has 5 N–H and O–H groups in total. The van der Waals surface area contributed by atoms with Crippen molar-refractivity contribution in [1.29, 1.82) is 0 Å². The van der Waals surface area contributed by atoms with Crippen LogP contribution in [0.3, 0.4) is 0 Å². The molecule has 1 aliphatic carbocycles. The Morgan fingerprint density at radius 3 is 0.947 bits per heavy atom. The normalized spacial score (nSPS) is 11.1. The van der Waals surface area contributed by atoms with Crippen LogP contribution in [0.15, 0.2) is 231 Å². The van der Waals surface area contributed by atoms with E-state index in [9.17, 15) is 47.9 Å². The zero-order chi connectivity index (χ0) is 67.9. The minimum Gasteiger partial charge on any atom is -0.478 e. The monoisotopic (exact) mass is 1270 g/mol. The Kier molecular flexibility index (Phi) is 27.4. The van der Waals surface area contributed by atoms with E-state index in [1.807, 2.05) is 68.4 Å². The first-order valence-electron chi connectivity index (χ1n) is 29.1. The van der Waals surface area contributed by atoms with Crippen molar-refractivity contribution in [2.75, 3.05) is 0 Å². The second kappa shape index (κ2) is 36.4. The molecule has 0 saturated heterocycles. The highest BCUT2D eigenvalue weighted by Crippen LogP contribution is 2.24. The summed E-state index contributed by atoms with van der Waals surface area (Å²) in [5.74, 6) is -7.76. The number of hydrogen-bond acceptors (Lipinski definition) is 15. The van der Waals surface area contributed by atoms with Crippen molar-refractivity contribution >= 4 is 59.7 Å². The fourth-order valence-electron chi connectivity index (χ4n) is 8.81. The predicted molar refractivity (Wildman–Crippen MR) is 343 cm³/mol. The Morgan fingerprint density at radius 1 is 0.319 bits per heavy atom. The van der Waals surface area contributed by atoms with Crippen LogP contribution in [-0.4, -0.2) is 91.3 Å². The summed E-state index contributed by atoms with van der Waals surface area (Å²) in [6.45, 7) is 4.07. The average molecular weight is 1270 g/mol. The fourth-order valence-corrected chi connectivity index (χ4v) is 8.81. The Morgan fingerprint density at radius 2 is 0.606 bits per heavy atom. The van der Waals surface area contributed by atoms with Gasteiger partial charge in [0, 0.05) is 0 Å². The molecule has 20 heteroatoms. The summed E-state index contributed by atoms with van der Waals surface area (Å²) in [6.07, 6.45) is 5.91. The summed E-state index contributed by atoms with van der Waals surface area (Å²) in [5.41, 5.74) is 3.08. The van der Waals surface area contributed by atoms with Gasteiger partial charge in [0.05, 0.1) is 55.6 Å². The number of esters is 5. The van der Waals surface area contributed by atoms with Gasteiger partial charge in [-0.3, -0.25) is 0 Å². The van der Waals surface area contributed by atoms with Crippen LogP contribution in [0.4, 0.5) is 0 Å². The summed E-state index contributed by atoms with van der Waals surface area (Å²) in [5, 5.41) is 45.0. The fraction of sp³-hybridized carbons (Fsp3) is 0.135. The maximum atomic E-state index is 12.0. The van der Waals surface area contributed by atoms with Crippen molar-refractivity contribution in [1.82, 2.24) is 0 Å². The van der Waals surface area contributed by atoms with E-state index in [0.717, 1.165) is 48.8 Å². The molecule has 0 aliphatic heterocycles. The van der Waals surface area contributed by atoms with Crippen molar-refractivity contribution in [3.63, 3.8) is 0 Å². The van der Waals surface area contributed by atoms with E-state index >= 15 is 0 Å². The third-order valence-electron chi connectivity index (χ3n) is 13.7. The number of aromatic carboxylic acids is 5. The number of hydrogen-bond donors (Lipinski definition) is 5.